The van der Waals surface area contributed by atoms with Crippen molar-refractivity contribution in [1.29, 1.82) is 0 Å². The molecule has 0 aliphatic carbocycles. The smallest absolute Gasteiger partial charge is 0.872 e. The molecule has 1 N–H and O–H groups in total. The van der Waals surface area contributed by atoms with Gasteiger partial charge in [-0.1, -0.05) is 57.2 Å². The molecule has 0 saturated heterocycles. The van der Waals surface area contributed by atoms with Crippen molar-refractivity contribution < 1.29 is 74.2 Å². The molecule has 0 unspecified atom stereocenters. The van der Waals surface area contributed by atoms with Gasteiger partial charge in [0, 0.05) is 6.07 Å². The van der Waals surface area contributed by atoms with E-state index in [0.29, 0.717) is 17.7 Å². The minimum absolute atomic E-state index is 0. The maximum absolute atomic E-state index is 11.7. The van der Waals surface area contributed by atoms with Crippen molar-refractivity contribution in [3.05, 3.63) is 48.0 Å². The van der Waals surface area contributed by atoms with Crippen molar-refractivity contribution in [2.75, 3.05) is 0 Å². The molecule has 2 aromatic rings. The molecule has 0 aliphatic rings. The molecule has 2 rings (SSSR count). The minimum atomic E-state index is -4.35. The monoisotopic (exact) mass is 416 g/mol. The van der Waals surface area contributed by atoms with Gasteiger partial charge in [0.15, 0.2) is 0 Å². The molecule has 0 bridgehead atoms. The van der Waals surface area contributed by atoms with Crippen LogP contribution in [0.4, 0.5) is 0 Å². The number of ether oxygens (including phenoxy) is 1. The molecule has 0 atom stereocenters. The van der Waals surface area contributed by atoms with E-state index >= 15 is 0 Å². The van der Waals surface area contributed by atoms with Gasteiger partial charge in [-0.05, 0) is 36.6 Å². The number of hydrogen-bond acceptors (Lipinski definition) is 4. The van der Waals surface area contributed by atoms with E-state index in [0.717, 1.165) is 19.3 Å². The molecule has 27 heavy (non-hydrogen) atoms. The van der Waals surface area contributed by atoms with Gasteiger partial charge in [0.05, 0.1) is 0 Å². The zero-order valence-electron chi connectivity index (χ0n) is 16.0. The van der Waals surface area contributed by atoms with Crippen LogP contribution in [-0.4, -0.2) is 13.0 Å². The van der Waals surface area contributed by atoms with Gasteiger partial charge < -0.3 is 9.84 Å². The van der Waals surface area contributed by atoms with E-state index in [9.17, 15) is 18.1 Å². The Bertz CT molecular complexity index is 821. The third-order valence-electron chi connectivity index (χ3n) is 4.16. The summed E-state index contributed by atoms with van der Waals surface area (Å²) >= 11 is 0. The van der Waals surface area contributed by atoms with Crippen LogP contribution in [0.3, 0.4) is 0 Å². The van der Waals surface area contributed by atoms with E-state index in [-0.39, 0.29) is 67.8 Å². The molecule has 0 spiro atoms. The van der Waals surface area contributed by atoms with E-state index < -0.39 is 10.1 Å². The summed E-state index contributed by atoms with van der Waals surface area (Å²) in [5, 5.41) is 11.4. The van der Waals surface area contributed by atoms with Crippen molar-refractivity contribution in [2.24, 2.45) is 0 Å². The Balaban J connectivity index is 0.00000364. The summed E-state index contributed by atoms with van der Waals surface area (Å²) < 4.78 is 38.6. The minimum Gasteiger partial charge on any atom is -0.872 e. The molecule has 0 saturated carbocycles. The Labute approximate surface area is 204 Å². The first kappa shape index (κ1) is 24.6. The Morgan fingerprint density at radius 2 is 1.63 bits per heavy atom. The van der Waals surface area contributed by atoms with Crippen molar-refractivity contribution >= 4 is 10.1 Å². The van der Waals surface area contributed by atoms with Gasteiger partial charge in [-0.25, -0.2) is 0 Å². The second-order valence-electron chi connectivity index (χ2n) is 6.34. The Hall–Kier alpha value is -0.414. The van der Waals surface area contributed by atoms with Crippen LogP contribution in [0, 0.1) is 0 Å². The van der Waals surface area contributed by atoms with Crippen LogP contribution >= 0.6 is 0 Å². The molecular formula is C20H25KO5S. The first-order valence-electron chi connectivity index (χ1n) is 8.95. The summed E-state index contributed by atoms with van der Waals surface area (Å²) in [5.41, 5.74) is 0.577. The molecule has 0 radical (unpaired) electrons. The van der Waals surface area contributed by atoms with E-state index in [4.69, 9.17) is 4.74 Å². The summed E-state index contributed by atoms with van der Waals surface area (Å²) in [4.78, 5) is -0.137. The van der Waals surface area contributed by atoms with Crippen LogP contribution in [0.1, 0.15) is 51.0 Å². The van der Waals surface area contributed by atoms with Gasteiger partial charge in [0.1, 0.15) is 16.4 Å². The zero-order valence-corrected chi connectivity index (χ0v) is 19.9. The van der Waals surface area contributed by atoms with Crippen molar-refractivity contribution in [1.82, 2.24) is 0 Å². The van der Waals surface area contributed by atoms with E-state index in [1.807, 2.05) is 0 Å². The first-order chi connectivity index (χ1) is 12.4. The maximum atomic E-state index is 11.7. The molecule has 142 valence electrons. The molecule has 0 heterocycles. The van der Waals surface area contributed by atoms with Gasteiger partial charge in [0.2, 0.25) is 0 Å². The fourth-order valence-electron chi connectivity index (χ4n) is 2.81. The van der Waals surface area contributed by atoms with Gasteiger partial charge in [-0.2, -0.15) is 8.42 Å². The van der Waals surface area contributed by atoms with Crippen LogP contribution in [-0.2, 0) is 16.5 Å². The van der Waals surface area contributed by atoms with Gasteiger partial charge >= 0.3 is 51.4 Å². The number of hydrogen-bond donors (Lipinski definition) is 1. The van der Waals surface area contributed by atoms with Crippen molar-refractivity contribution in [3.8, 4) is 17.2 Å². The molecule has 0 aliphatic heterocycles. The molecule has 5 nitrogen and oxygen atoms in total. The van der Waals surface area contributed by atoms with E-state index in [2.05, 4.69) is 6.92 Å². The van der Waals surface area contributed by atoms with Gasteiger partial charge in [-0.15, -0.1) is 5.75 Å². The first-order valence-corrected chi connectivity index (χ1v) is 10.4. The third-order valence-corrected chi connectivity index (χ3v) is 5.09. The summed E-state index contributed by atoms with van der Waals surface area (Å²) in [6, 6.07) is 10.5. The van der Waals surface area contributed by atoms with E-state index in [1.165, 1.54) is 37.5 Å². The van der Waals surface area contributed by atoms with Crippen LogP contribution < -0.4 is 61.2 Å². The van der Waals surface area contributed by atoms with Gasteiger partial charge in [0.25, 0.3) is 10.1 Å². The third kappa shape index (κ3) is 8.64. The summed E-state index contributed by atoms with van der Waals surface area (Å²) in [6.45, 7) is 2.16. The maximum Gasteiger partial charge on any atom is 1.00 e. The summed E-state index contributed by atoms with van der Waals surface area (Å²) in [5.74, 6) is 0.384. The van der Waals surface area contributed by atoms with Crippen molar-refractivity contribution in [3.63, 3.8) is 0 Å². The predicted octanol–water partition coefficient (Wildman–Crippen LogP) is 1.71. The molecule has 2 aromatic carbocycles. The SMILES string of the molecule is CCCCCCCCc1ccc(Oc2cccc([O-])c2)cc1S(=O)(=O)O.[K+]. The largest absolute Gasteiger partial charge is 1.00 e. The number of benzene rings is 2. The fraction of sp³-hybridized carbons (Fsp3) is 0.400. The standard InChI is InChI=1S/C20H26O5S.K/c1-2-3-4-5-6-7-9-16-12-13-19(15-20(16)26(22,23)24)25-18-11-8-10-17(21)14-18;/h8,10-15,21H,2-7,9H2,1H3,(H,22,23,24);/q;+1/p-1. The van der Waals surface area contributed by atoms with E-state index in [1.54, 1.807) is 24.3 Å². The number of unbranched alkanes of at least 4 members (excludes halogenated alkanes) is 5. The van der Waals surface area contributed by atoms with Crippen LogP contribution in [0.2, 0.25) is 0 Å². The van der Waals surface area contributed by atoms with Crippen LogP contribution in [0.25, 0.3) is 0 Å². The average Bonchev–Trinajstić information content (AvgIpc) is 2.58. The molecule has 0 fully saturated rings. The second-order valence-corrected chi connectivity index (χ2v) is 7.73. The molecule has 0 amide bonds. The number of rotatable bonds is 10. The molecule has 7 heteroatoms. The van der Waals surface area contributed by atoms with Crippen LogP contribution in [0.5, 0.6) is 17.2 Å². The van der Waals surface area contributed by atoms with Gasteiger partial charge in [-0.3, -0.25) is 4.55 Å². The Morgan fingerprint density at radius 3 is 2.30 bits per heavy atom. The predicted molar refractivity (Wildman–Crippen MR) is 99.3 cm³/mol. The molecule has 0 aromatic heterocycles. The molecular weight excluding hydrogens is 391 g/mol. The second kappa shape index (κ2) is 12.2. The summed E-state index contributed by atoms with van der Waals surface area (Å²) in [6.07, 6.45) is 7.19. The average molecular weight is 417 g/mol. The Morgan fingerprint density at radius 1 is 0.963 bits per heavy atom. The Kier molecular flexibility index (Phi) is 11.1. The normalized spacial score (nSPS) is 11.0. The zero-order chi connectivity index (χ0) is 19.0. The fourth-order valence-corrected chi connectivity index (χ4v) is 3.58. The quantitative estimate of drug-likeness (QED) is 0.362. The van der Waals surface area contributed by atoms with Crippen LogP contribution in [0.15, 0.2) is 47.4 Å². The topological polar surface area (TPSA) is 86.7 Å². The van der Waals surface area contributed by atoms with Crippen molar-refractivity contribution in [2.45, 2.75) is 56.8 Å². The number of aryl methyl sites for hydroxylation is 1. The summed E-state index contributed by atoms with van der Waals surface area (Å²) in [7, 11) is -4.35.